The monoisotopic (exact) mass is 192 g/mol. The Bertz CT molecular complexity index is 434. The molecule has 0 atom stereocenters. The maximum absolute atomic E-state index is 11.3. The zero-order valence-electron chi connectivity index (χ0n) is 7.28. The highest BCUT2D eigenvalue weighted by Gasteiger charge is 2.25. The third-order valence-corrected chi connectivity index (χ3v) is 2.37. The van der Waals surface area contributed by atoms with Crippen LogP contribution in [0.4, 0.5) is 0 Å². The number of phenols is 1. The van der Waals surface area contributed by atoms with Gasteiger partial charge in [-0.05, 0) is 24.1 Å². The van der Waals surface area contributed by atoms with E-state index in [4.69, 9.17) is 5.11 Å². The summed E-state index contributed by atoms with van der Waals surface area (Å²) in [6.07, 6.45) is 0.787. The molecule has 14 heavy (non-hydrogen) atoms. The SMILES string of the molecule is O=C(O)c1cc(O)cc2c1CCC2=O. The van der Waals surface area contributed by atoms with Gasteiger partial charge in [0.1, 0.15) is 5.75 Å². The van der Waals surface area contributed by atoms with Gasteiger partial charge in [-0.15, -0.1) is 0 Å². The van der Waals surface area contributed by atoms with Crippen molar-refractivity contribution < 1.29 is 19.8 Å². The molecule has 0 bridgehead atoms. The first kappa shape index (κ1) is 8.74. The maximum atomic E-state index is 11.3. The molecular weight excluding hydrogens is 184 g/mol. The number of hydrogen-bond acceptors (Lipinski definition) is 3. The summed E-state index contributed by atoms with van der Waals surface area (Å²) in [7, 11) is 0. The fourth-order valence-corrected chi connectivity index (χ4v) is 1.74. The predicted molar refractivity (Wildman–Crippen MR) is 47.7 cm³/mol. The molecule has 0 unspecified atom stereocenters. The molecule has 2 rings (SSSR count). The number of carbonyl (C=O) groups is 2. The molecular formula is C10H8O4. The lowest BCUT2D eigenvalue weighted by atomic mass is 10.0. The van der Waals surface area contributed by atoms with E-state index >= 15 is 0 Å². The molecule has 0 amide bonds. The van der Waals surface area contributed by atoms with Crippen molar-refractivity contribution in [3.05, 3.63) is 28.8 Å². The summed E-state index contributed by atoms with van der Waals surface area (Å²) in [4.78, 5) is 22.1. The summed E-state index contributed by atoms with van der Waals surface area (Å²) in [5.41, 5.74) is 0.925. The average molecular weight is 192 g/mol. The van der Waals surface area contributed by atoms with Gasteiger partial charge in [0, 0.05) is 12.0 Å². The second kappa shape index (κ2) is 2.83. The number of aromatic carboxylic acids is 1. The van der Waals surface area contributed by atoms with Crippen LogP contribution in [0.3, 0.4) is 0 Å². The highest BCUT2D eigenvalue weighted by Crippen LogP contribution is 2.29. The Labute approximate surface area is 79.8 Å². The van der Waals surface area contributed by atoms with Crippen molar-refractivity contribution >= 4 is 11.8 Å². The Hall–Kier alpha value is -1.84. The summed E-state index contributed by atoms with van der Waals surface area (Å²) < 4.78 is 0. The molecule has 0 fully saturated rings. The number of carbonyl (C=O) groups excluding carboxylic acids is 1. The maximum Gasteiger partial charge on any atom is 0.336 e. The number of carboxylic acid groups (broad SMARTS) is 1. The number of Topliss-reactive ketones (excluding diaryl/α,β-unsaturated/α-hetero) is 1. The normalized spacial score (nSPS) is 14.1. The summed E-state index contributed by atoms with van der Waals surface area (Å²) in [5, 5.41) is 18.1. The fraction of sp³-hybridized carbons (Fsp3) is 0.200. The van der Waals surface area contributed by atoms with Crippen molar-refractivity contribution in [3.63, 3.8) is 0 Å². The summed E-state index contributed by atoms with van der Waals surface area (Å²) >= 11 is 0. The lowest BCUT2D eigenvalue weighted by molar-refractivity contribution is 0.0695. The van der Waals surface area contributed by atoms with E-state index in [0.717, 1.165) is 0 Å². The average Bonchev–Trinajstić information content (AvgIpc) is 2.47. The fourth-order valence-electron chi connectivity index (χ4n) is 1.74. The van der Waals surface area contributed by atoms with Gasteiger partial charge in [-0.3, -0.25) is 4.79 Å². The standard InChI is InChI=1S/C10H8O4/c11-5-3-7-6(1-2-9(7)12)8(4-5)10(13)14/h3-4,11H,1-2H2,(H,13,14). The molecule has 1 aromatic carbocycles. The molecule has 0 radical (unpaired) electrons. The molecule has 4 heteroatoms. The number of hydrogen-bond donors (Lipinski definition) is 2. The molecule has 4 nitrogen and oxygen atoms in total. The molecule has 1 aliphatic carbocycles. The topological polar surface area (TPSA) is 74.6 Å². The van der Waals surface area contributed by atoms with Crippen LogP contribution in [-0.2, 0) is 6.42 Å². The van der Waals surface area contributed by atoms with Crippen LogP contribution in [0.2, 0.25) is 0 Å². The van der Waals surface area contributed by atoms with Crippen LogP contribution in [0, 0.1) is 0 Å². The molecule has 2 N–H and O–H groups in total. The first-order valence-electron chi connectivity index (χ1n) is 4.22. The minimum absolute atomic E-state index is 0.0332. The number of fused-ring (bicyclic) bond motifs is 1. The highest BCUT2D eigenvalue weighted by atomic mass is 16.4. The smallest absolute Gasteiger partial charge is 0.336 e. The van der Waals surface area contributed by atoms with Crippen LogP contribution < -0.4 is 0 Å². The van der Waals surface area contributed by atoms with E-state index in [1.807, 2.05) is 0 Å². The number of phenolic OH excluding ortho intramolecular Hbond substituents is 1. The first-order valence-corrected chi connectivity index (χ1v) is 4.22. The predicted octanol–water partition coefficient (Wildman–Crippen LogP) is 1.22. The van der Waals surface area contributed by atoms with Crippen LogP contribution in [0.1, 0.15) is 32.7 Å². The Morgan fingerprint density at radius 2 is 2.00 bits per heavy atom. The van der Waals surface area contributed by atoms with Crippen molar-refractivity contribution in [1.29, 1.82) is 0 Å². The molecule has 0 aliphatic heterocycles. The number of benzene rings is 1. The van der Waals surface area contributed by atoms with E-state index in [-0.39, 0.29) is 17.1 Å². The Balaban J connectivity index is 2.69. The molecule has 0 heterocycles. The number of rotatable bonds is 1. The van der Waals surface area contributed by atoms with Gasteiger partial charge >= 0.3 is 5.97 Å². The van der Waals surface area contributed by atoms with Crippen molar-refractivity contribution in [1.82, 2.24) is 0 Å². The van der Waals surface area contributed by atoms with Gasteiger partial charge in [0.25, 0.3) is 0 Å². The van der Waals surface area contributed by atoms with Crippen LogP contribution in [0.5, 0.6) is 5.75 Å². The molecule has 1 aromatic rings. The third kappa shape index (κ3) is 1.16. The van der Waals surface area contributed by atoms with Crippen molar-refractivity contribution in [2.24, 2.45) is 0 Å². The summed E-state index contributed by atoms with van der Waals surface area (Å²) in [5.74, 6) is -1.37. The molecule has 0 saturated carbocycles. The zero-order chi connectivity index (χ0) is 10.3. The zero-order valence-corrected chi connectivity index (χ0v) is 7.28. The third-order valence-electron chi connectivity index (χ3n) is 2.37. The lowest BCUT2D eigenvalue weighted by Crippen LogP contribution is -2.02. The van der Waals surface area contributed by atoms with Gasteiger partial charge in [-0.1, -0.05) is 0 Å². The minimum atomic E-state index is -1.10. The van der Waals surface area contributed by atoms with E-state index in [1.165, 1.54) is 12.1 Å². The first-order chi connectivity index (χ1) is 6.59. The van der Waals surface area contributed by atoms with Gasteiger partial charge < -0.3 is 10.2 Å². The Kier molecular flexibility index (Phi) is 1.77. The van der Waals surface area contributed by atoms with Gasteiger partial charge in [0.05, 0.1) is 5.56 Å². The molecule has 0 saturated heterocycles. The highest BCUT2D eigenvalue weighted by molar-refractivity contribution is 6.04. The molecule has 0 spiro atoms. The minimum Gasteiger partial charge on any atom is -0.508 e. The molecule has 72 valence electrons. The number of ketones is 1. The molecule has 1 aliphatic rings. The van der Waals surface area contributed by atoms with Gasteiger partial charge in [0.15, 0.2) is 5.78 Å². The van der Waals surface area contributed by atoms with Crippen LogP contribution in [0.15, 0.2) is 12.1 Å². The summed E-state index contributed by atoms with van der Waals surface area (Å²) in [6.45, 7) is 0. The number of aromatic hydroxyl groups is 1. The Morgan fingerprint density at radius 3 is 2.64 bits per heavy atom. The van der Waals surface area contributed by atoms with E-state index in [2.05, 4.69) is 0 Å². The second-order valence-corrected chi connectivity index (χ2v) is 3.25. The lowest BCUT2D eigenvalue weighted by Gasteiger charge is -2.03. The van der Waals surface area contributed by atoms with Gasteiger partial charge in [-0.2, -0.15) is 0 Å². The van der Waals surface area contributed by atoms with Crippen molar-refractivity contribution in [2.45, 2.75) is 12.8 Å². The van der Waals surface area contributed by atoms with E-state index < -0.39 is 5.97 Å². The van der Waals surface area contributed by atoms with Crippen molar-refractivity contribution in [3.8, 4) is 5.75 Å². The van der Waals surface area contributed by atoms with Gasteiger partial charge in [-0.25, -0.2) is 4.79 Å². The van der Waals surface area contributed by atoms with Crippen LogP contribution in [0.25, 0.3) is 0 Å². The van der Waals surface area contributed by atoms with Gasteiger partial charge in [0.2, 0.25) is 0 Å². The van der Waals surface area contributed by atoms with E-state index in [0.29, 0.717) is 24.0 Å². The Morgan fingerprint density at radius 1 is 1.29 bits per heavy atom. The summed E-state index contributed by atoms with van der Waals surface area (Å²) in [6, 6.07) is 2.51. The second-order valence-electron chi connectivity index (χ2n) is 3.25. The van der Waals surface area contributed by atoms with Crippen LogP contribution in [-0.4, -0.2) is 22.0 Å². The number of carboxylic acids is 1. The van der Waals surface area contributed by atoms with Crippen molar-refractivity contribution in [2.75, 3.05) is 0 Å². The largest absolute Gasteiger partial charge is 0.508 e. The van der Waals surface area contributed by atoms with E-state index in [9.17, 15) is 14.7 Å². The molecule has 0 aromatic heterocycles. The van der Waals surface area contributed by atoms with Crippen LogP contribution >= 0.6 is 0 Å². The van der Waals surface area contributed by atoms with E-state index in [1.54, 1.807) is 0 Å². The quantitative estimate of drug-likeness (QED) is 0.701.